The standard InChI is InChI=1S/C11H24N4O4S/c1-13(2)9-3-6-14(7-4-9)15(20(18)19)8-5-10(12)11(16)17/h9-10H,3-8,12H2,1-2H3,(H,16,17)(H,18,19). The lowest BCUT2D eigenvalue weighted by atomic mass is 10.1. The molecule has 0 aromatic heterocycles. The van der Waals surface area contributed by atoms with Gasteiger partial charge in [0.25, 0.3) is 0 Å². The summed E-state index contributed by atoms with van der Waals surface area (Å²) in [5, 5.41) is 10.5. The van der Waals surface area contributed by atoms with E-state index in [4.69, 9.17) is 10.8 Å². The van der Waals surface area contributed by atoms with Crippen molar-refractivity contribution in [3.05, 3.63) is 0 Å². The van der Waals surface area contributed by atoms with Crippen LogP contribution in [0, 0.1) is 0 Å². The first-order valence-electron chi connectivity index (χ1n) is 6.61. The molecule has 0 radical (unpaired) electrons. The zero-order chi connectivity index (χ0) is 15.3. The Kier molecular flexibility index (Phi) is 7.00. The third kappa shape index (κ3) is 5.08. The van der Waals surface area contributed by atoms with Gasteiger partial charge in [-0.15, -0.1) is 4.41 Å². The van der Waals surface area contributed by atoms with Crippen LogP contribution < -0.4 is 5.73 Å². The minimum Gasteiger partial charge on any atom is -0.480 e. The Bertz CT molecular complexity index is 347. The summed E-state index contributed by atoms with van der Waals surface area (Å²) in [6.07, 6.45) is 1.95. The fourth-order valence-electron chi connectivity index (χ4n) is 2.28. The monoisotopic (exact) mass is 308 g/mol. The lowest BCUT2D eigenvalue weighted by Crippen LogP contribution is -2.51. The van der Waals surface area contributed by atoms with Crippen LogP contribution in [-0.4, -0.2) is 80.0 Å². The van der Waals surface area contributed by atoms with Gasteiger partial charge in [-0.25, -0.2) is 9.22 Å². The zero-order valence-corrected chi connectivity index (χ0v) is 12.8. The Morgan fingerprint density at radius 3 is 2.40 bits per heavy atom. The van der Waals surface area contributed by atoms with Gasteiger partial charge in [0.15, 0.2) is 0 Å². The maximum atomic E-state index is 11.4. The largest absolute Gasteiger partial charge is 0.480 e. The molecule has 1 saturated heterocycles. The molecule has 0 aliphatic carbocycles. The Morgan fingerprint density at radius 1 is 1.45 bits per heavy atom. The third-order valence-electron chi connectivity index (χ3n) is 3.62. The molecule has 2 unspecified atom stereocenters. The molecular weight excluding hydrogens is 284 g/mol. The summed E-state index contributed by atoms with van der Waals surface area (Å²) in [7, 11) is 4.04. The van der Waals surface area contributed by atoms with Gasteiger partial charge in [-0.2, -0.15) is 0 Å². The number of carbonyl (C=O) groups is 1. The first kappa shape index (κ1) is 17.5. The number of nitrogens with zero attached hydrogens (tertiary/aromatic N) is 3. The van der Waals surface area contributed by atoms with Crippen molar-refractivity contribution in [1.29, 1.82) is 0 Å². The maximum Gasteiger partial charge on any atom is 0.320 e. The van der Waals surface area contributed by atoms with Gasteiger partial charge in [-0.1, -0.05) is 0 Å². The predicted molar refractivity (Wildman–Crippen MR) is 76.0 cm³/mol. The summed E-state index contributed by atoms with van der Waals surface area (Å²) in [6.45, 7) is 1.51. The Hall–Kier alpha value is -0.580. The van der Waals surface area contributed by atoms with E-state index in [2.05, 4.69) is 4.90 Å². The number of rotatable bonds is 7. The summed E-state index contributed by atoms with van der Waals surface area (Å²) in [5.41, 5.74) is 5.42. The van der Waals surface area contributed by atoms with Crippen LogP contribution in [-0.2, 0) is 16.1 Å². The van der Waals surface area contributed by atoms with Crippen LogP contribution in [0.5, 0.6) is 0 Å². The van der Waals surface area contributed by atoms with Gasteiger partial charge in [0, 0.05) is 25.7 Å². The minimum atomic E-state index is -2.16. The van der Waals surface area contributed by atoms with E-state index in [9.17, 15) is 13.6 Å². The van der Waals surface area contributed by atoms with E-state index < -0.39 is 23.3 Å². The van der Waals surface area contributed by atoms with Crippen molar-refractivity contribution in [2.75, 3.05) is 33.7 Å². The predicted octanol–water partition coefficient (Wildman–Crippen LogP) is -0.832. The molecule has 8 nitrogen and oxygen atoms in total. The Labute approximate surface area is 121 Å². The highest BCUT2D eigenvalue weighted by atomic mass is 32.2. The highest BCUT2D eigenvalue weighted by Crippen LogP contribution is 2.17. The maximum absolute atomic E-state index is 11.4. The Balaban J connectivity index is 2.51. The third-order valence-corrected chi connectivity index (χ3v) is 4.39. The van der Waals surface area contributed by atoms with Gasteiger partial charge in [0.05, 0.1) is 0 Å². The number of carboxylic acid groups (broad SMARTS) is 1. The minimum absolute atomic E-state index is 0.134. The van der Waals surface area contributed by atoms with E-state index in [1.807, 2.05) is 19.1 Å². The number of piperidine rings is 1. The van der Waals surface area contributed by atoms with Gasteiger partial charge in [-0.3, -0.25) is 9.35 Å². The zero-order valence-electron chi connectivity index (χ0n) is 11.9. The molecule has 118 valence electrons. The van der Waals surface area contributed by atoms with Crippen molar-refractivity contribution in [2.45, 2.75) is 31.3 Å². The van der Waals surface area contributed by atoms with Crippen LogP contribution in [0.2, 0.25) is 0 Å². The number of aliphatic carboxylic acids is 1. The molecule has 1 heterocycles. The topological polar surface area (TPSA) is 110 Å². The number of carboxylic acids is 1. The van der Waals surface area contributed by atoms with E-state index >= 15 is 0 Å². The quantitative estimate of drug-likeness (QED) is 0.526. The van der Waals surface area contributed by atoms with Crippen LogP contribution >= 0.6 is 0 Å². The van der Waals surface area contributed by atoms with Crippen molar-refractivity contribution in [1.82, 2.24) is 14.3 Å². The van der Waals surface area contributed by atoms with Crippen LogP contribution in [0.4, 0.5) is 0 Å². The second kappa shape index (κ2) is 8.01. The fraction of sp³-hybridized carbons (Fsp3) is 0.909. The molecule has 20 heavy (non-hydrogen) atoms. The van der Waals surface area contributed by atoms with Crippen molar-refractivity contribution >= 4 is 17.2 Å². The second-order valence-electron chi connectivity index (χ2n) is 5.19. The highest BCUT2D eigenvalue weighted by Gasteiger charge is 2.28. The molecule has 0 spiro atoms. The average Bonchev–Trinajstić information content (AvgIpc) is 2.38. The molecule has 0 aromatic rings. The molecule has 1 rings (SSSR count). The van der Waals surface area contributed by atoms with Gasteiger partial charge in [0.2, 0.25) is 11.3 Å². The summed E-state index contributed by atoms with van der Waals surface area (Å²) in [5.74, 6) is -1.10. The lowest BCUT2D eigenvalue weighted by Gasteiger charge is -2.39. The lowest BCUT2D eigenvalue weighted by molar-refractivity contribution is -0.138. The SMILES string of the molecule is CN(C)C1CCN(N(CCC(N)C(=O)O)S(=O)O)CC1. The van der Waals surface area contributed by atoms with Crippen molar-refractivity contribution in [3.63, 3.8) is 0 Å². The smallest absolute Gasteiger partial charge is 0.320 e. The summed E-state index contributed by atoms with van der Waals surface area (Å²) < 4.78 is 22.0. The summed E-state index contributed by atoms with van der Waals surface area (Å²) in [4.78, 5) is 12.8. The van der Waals surface area contributed by atoms with E-state index in [1.54, 1.807) is 0 Å². The van der Waals surface area contributed by atoms with Gasteiger partial charge in [0.1, 0.15) is 6.04 Å². The van der Waals surface area contributed by atoms with Crippen molar-refractivity contribution in [3.8, 4) is 0 Å². The second-order valence-corrected chi connectivity index (χ2v) is 6.07. The molecule has 0 saturated carbocycles. The van der Waals surface area contributed by atoms with Gasteiger partial charge in [-0.05, 0) is 33.4 Å². The normalized spacial score (nSPS) is 21.3. The molecule has 1 fully saturated rings. The first-order valence-corrected chi connectivity index (χ1v) is 7.67. The molecule has 0 bridgehead atoms. The molecule has 2 atom stereocenters. The van der Waals surface area contributed by atoms with Crippen LogP contribution in [0.1, 0.15) is 19.3 Å². The van der Waals surface area contributed by atoms with E-state index in [0.29, 0.717) is 19.1 Å². The first-order chi connectivity index (χ1) is 9.32. The van der Waals surface area contributed by atoms with Gasteiger partial charge < -0.3 is 15.7 Å². The van der Waals surface area contributed by atoms with Crippen LogP contribution in [0.15, 0.2) is 0 Å². The number of hydrogen-bond donors (Lipinski definition) is 3. The molecule has 4 N–H and O–H groups in total. The summed E-state index contributed by atoms with van der Waals surface area (Å²) >= 11 is -2.16. The summed E-state index contributed by atoms with van der Waals surface area (Å²) in [6, 6.07) is -0.540. The fourth-order valence-corrected chi connectivity index (χ4v) is 2.91. The van der Waals surface area contributed by atoms with Crippen LogP contribution in [0.25, 0.3) is 0 Å². The number of hydrazine groups is 1. The van der Waals surface area contributed by atoms with Crippen molar-refractivity contribution in [2.24, 2.45) is 5.73 Å². The number of nitrogens with two attached hydrogens (primary N) is 1. The Morgan fingerprint density at radius 2 is 2.00 bits per heavy atom. The van der Waals surface area contributed by atoms with E-state index in [1.165, 1.54) is 4.41 Å². The van der Waals surface area contributed by atoms with E-state index in [0.717, 1.165) is 12.8 Å². The molecule has 1 aliphatic heterocycles. The average molecular weight is 308 g/mol. The van der Waals surface area contributed by atoms with Crippen molar-refractivity contribution < 1.29 is 18.7 Å². The number of hydrogen-bond acceptors (Lipinski definition) is 5. The highest BCUT2D eigenvalue weighted by molar-refractivity contribution is 7.76. The molecule has 0 aromatic carbocycles. The molecule has 0 amide bonds. The molecule has 1 aliphatic rings. The molecule has 9 heteroatoms. The van der Waals surface area contributed by atoms with Crippen LogP contribution in [0.3, 0.4) is 0 Å². The molecular formula is C11H24N4O4S. The van der Waals surface area contributed by atoms with E-state index in [-0.39, 0.29) is 13.0 Å². The van der Waals surface area contributed by atoms with Gasteiger partial charge >= 0.3 is 5.97 Å².